The summed E-state index contributed by atoms with van der Waals surface area (Å²) in [6, 6.07) is 9.48. The number of hydrogen-bond donors (Lipinski definition) is 1. The maximum absolute atomic E-state index is 10.9. The number of aliphatic carboxylic acids is 1. The first-order valence-corrected chi connectivity index (χ1v) is 5.83. The van der Waals surface area contributed by atoms with Gasteiger partial charge < -0.3 is 9.67 Å². The van der Waals surface area contributed by atoms with E-state index < -0.39 is 5.97 Å². The smallest absolute Gasteiger partial charge is 0.307 e. The summed E-state index contributed by atoms with van der Waals surface area (Å²) in [4.78, 5) is 19.0. The molecule has 3 aromatic rings. The third kappa shape index (κ3) is 2.06. The van der Waals surface area contributed by atoms with Gasteiger partial charge in [-0.05, 0) is 17.7 Å². The Bertz CT molecular complexity index is 735. The van der Waals surface area contributed by atoms with Crippen LogP contribution in [0.25, 0.3) is 16.7 Å². The highest BCUT2D eigenvalue weighted by atomic mass is 16.4. The van der Waals surface area contributed by atoms with Crippen molar-refractivity contribution < 1.29 is 9.90 Å². The molecule has 2 heterocycles. The molecule has 19 heavy (non-hydrogen) atoms. The Kier molecular flexibility index (Phi) is 2.72. The Balaban J connectivity index is 2.23. The van der Waals surface area contributed by atoms with Crippen molar-refractivity contribution in [1.29, 1.82) is 0 Å². The summed E-state index contributed by atoms with van der Waals surface area (Å²) in [5.74, 6) is -0.117. The maximum atomic E-state index is 10.9. The monoisotopic (exact) mass is 253 g/mol. The van der Waals surface area contributed by atoms with E-state index in [1.54, 1.807) is 12.3 Å². The molecule has 0 radical (unpaired) electrons. The van der Waals surface area contributed by atoms with Crippen molar-refractivity contribution in [1.82, 2.24) is 14.5 Å². The number of carboxylic acid groups (broad SMARTS) is 1. The Morgan fingerprint density at radius 2 is 2.11 bits per heavy atom. The van der Waals surface area contributed by atoms with Gasteiger partial charge in [0, 0.05) is 17.8 Å². The fourth-order valence-corrected chi connectivity index (χ4v) is 2.17. The molecule has 0 spiro atoms. The molecule has 5 nitrogen and oxygen atoms in total. The van der Waals surface area contributed by atoms with Crippen molar-refractivity contribution in [3.63, 3.8) is 0 Å². The summed E-state index contributed by atoms with van der Waals surface area (Å²) in [6.07, 6.45) is 4.95. The molecule has 0 fully saturated rings. The number of benzene rings is 1. The van der Waals surface area contributed by atoms with E-state index in [4.69, 9.17) is 5.11 Å². The molecule has 0 bridgehead atoms. The summed E-state index contributed by atoms with van der Waals surface area (Å²) >= 11 is 0. The van der Waals surface area contributed by atoms with E-state index in [0.29, 0.717) is 0 Å². The predicted molar refractivity (Wildman–Crippen MR) is 70.2 cm³/mol. The normalized spacial score (nSPS) is 10.7. The van der Waals surface area contributed by atoms with Crippen molar-refractivity contribution in [2.75, 3.05) is 0 Å². The molecule has 0 amide bonds. The van der Waals surface area contributed by atoms with Gasteiger partial charge in [0.1, 0.15) is 12.1 Å². The predicted octanol–water partition coefficient (Wildman–Crippen LogP) is 2.05. The highest BCUT2D eigenvalue weighted by Gasteiger charge is 2.12. The van der Waals surface area contributed by atoms with Crippen LogP contribution in [-0.4, -0.2) is 25.6 Å². The summed E-state index contributed by atoms with van der Waals surface area (Å²) in [5, 5.41) is 9.91. The molecule has 0 saturated heterocycles. The SMILES string of the molecule is O=C(O)Cc1cn(-c2ccncn2)c2ccccc12. The first-order valence-electron chi connectivity index (χ1n) is 5.83. The van der Waals surface area contributed by atoms with Gasteiger partial charge in [0.05, 0.1) is 11.9 Å². The second kappa shape index (κ2) is 4.53. The lowest BCUT2D eigenvalue weighted by atomic mass is 10.1. The van der Waals surface area contributed by atoms with E-state index in [-0.39, 0.29) is 6.42 Å². The molecule has 0 aliphatic carbocycles. The molecule has 0 aliphatic heterocycles. The zero-order valence-corrected chi connectivity index (χ0v) is 10.0. The number of nitrogens with zero attached hydrogens (tertiary/aromatic N) is 3. The molecule has 94 valence electrons. The average molecular weight is 253 g/mol. The van der Waals surface area contributed by atoms with Gasteiger partial charge in [-0.15, -0.1) is 0 Å². The van der Waals surface area contributed by atoms with Crippen LogP contribution in [0, 0.1) is 0 Å². The van der Waals surface area contributed by atoms with Crippen LogP contribution in [0.4, 0.5) is 0 Å². The zero-order chi connectivity index (χ0) is 13.2. The van der Waals surface area contributed by atoms with Gasteiger partial charge in [0.15, 0.2) is 0 Å². The first kappa shape index (κ1) is 11.4. The highest BCUT2D eigenvalue weighted by Crippen LogP contribution is 2.24. The van der Waals surface area contributed by atoms with Gasteiger partial charge in [0.2, 0.25) is 0 Å². The first-order chi connectivity index (χ1) is 9.25. The van der Waals surface area contributed by atoms with Crippen molar-refractivity contribution in [2.24, 2.45) is 0 Å². The van der Waals surface area contributed by atoms with Gasteiger partial charge in [-0.25, -0.2) is 9.97 Å². The molecule has 0 atom stereocenters. The fraction of sp³-hybridized carbons (Fsp3) is 0.0714. The Labute approximate surface area is 109 Å². The minimum Gasteiger partial charge on any atom is -0.481 e. The van der Waals surface area contributed by atoms with Crippen molar-refractivity contribution >= 4 is 16.9 Å². The van der Waals surface area contributed by atoms with Crippen molar-refractivity contribution in [2.45, 2.75) is 6.42 Å². The van der Waals surface area contributed by atoms with Crippen LogP contribution < -0.4 is 0 Å². The lowest BCUT2D eigenvalue weighted by Gasteiger charge is -2.02. The molecule has 1 aromatic carbocycles. The number of fused-ring (bicyclic) bond motifs is 1. The number of carbonyl (C=O) groups is 1. The van der Waals surface area contributed by atoms with E-state index in [1.807, 2.05) is 35.0 Å². The summed E-state index contributed by atoms with van der Waals surface area (Å²) in [7, 11) is 0. The standard InChI is InChI=1S/C14H11N3O2/c18-14(19)7-10-8-17(13-5-6-15-9-16-13)12-4-2-1-3-11(10)12/h1-6,8-9H,7H2,(H,18,19). The van der Waals surface area contributed by atoms with Crippen LogP contribution in [-0.2, 0) is 11.2 Å². The van der Waals surface area contributed by atoms with Crippen LogP contribution in [0.3, 0.4) is 0 Å². The molecular weight excluding hydrogens is 242 g/mol. The maximum Gasteiger partial charge on any atom is 0.307 e. The van der Waals surface area contributed by atoms with Crippen molar-refractivity contribution in [3.8, 4) is 5.82 Å². The van der Waals surface area contributed by atoms with Crippen molar-refractivity contribution in [3.05, 3.63) is 54.6 Å². The van der Waals surface area contributed by atoms with Gasteiger partial charge in [-0.1, -0.05) is 18.2 Å². The minimum absolute atomic E-state index is 0.00139. The zero-order valence-electron chi connectivity index (χ0n) is 10.0. The van der Waals surface area contributed by atoms with Crippen LogP contribution in [0.2, 0.25) is 0 Å². The van der Waals surface area contributed by atoms with E-state index in [0.717, 1.165) is 22.3 Å². The molecule has 0 unspecified atom stereocenters. The van der Waals surface area contributed by atoms with Crippen LogP contribution in [0.5, 0.6) is 0 Å². The minimum atomic E-state index is -0.842. The summed E-state index contributed by atoms with van der Waals surface area (Å²) in [5.41, 5.74) is 1.72. The van der Waals surface area contributed by atoms with Crippen LogP contribution in [0.1, 0.15) is 5.56 Å². The van der Waals surface area contributed by atoms with E-state index in [9.17, 15) is 4.79 Å². The Morgan fingerprint density at radius 3 is 2.84 bits per heavy atom. The van der Waals surface area contributed by atoms with Gasteiger partial charge in [0.25, 0.3) is 0 Å². The lowest BCUT2D eigenvalue weighted by Crippen LogP contribution is -1.99. The molecule has 0 aliphatic rings. The van der Waals surface area contributed by atoms with Crippen LogP contribution >= 0.6 is 0 Å². The summed E-state index contributed by atoms with van der Waals surface area (Å²) < 4.78 is 1.88. The molecule has 2 aromatic heterocycles. The number of rotatable bonds is 3. The highest BCUT2D eigenvalue weighted by molar-refractivity contribution is 5.88. The van der Waals surface area contributed by atoms with E-state index >= 15 is 0 Å². The van der Waals surface area contributed by atoms with Gasteiger partial charge >= 0.3 is 5.97 Å². The van der Waals surface area contributed by atoms with Gasteiger partial charge in [-0.2, -0.15) is 0 Å². The number of hydrogen-bond acceptors (Lipinski definition) is 3. The van der Waals surface area contributed by atoms with Crippen LogP contribution in [0.15, 0.2) is 49.1 Å². The second-order valence-electron chi connectivity index (χ2n) is 4.18. The van der Waals surface area contributed by atoms with Gasteiger partial charge in [-0.3, -0.25) is 4.79 Å². The van der Waals surface area contributed by atoms with E-state index in [1.165, 1.54) is 6.33 Å². The number of aromatic nitrogens is 3. The molecule has 3 rings (SSSR count). The summed E-state index contributed by atoms with van der Waals surface area (Å²) in [6.45, 7) is 0. The Morgan fingerprint density at radius 1 is 1.26 bits per heavy atom. The third-order valence-corrected chi connectivity index (χ3v) is 2.95. The number of carboxylic acids is 1. The molecule has 5 heteroatoms. The lowest BCUT2D eigenvalue weighted by molar-refractivity contribution is -0.136. The third-order valence-electron chi connectivity index (χ3n) is 2.95. The topological polar surface area (TPSA) is 68.0 Å². The second-order valence-corrected chi connectivity index (χ2v) is 4.18. The Hall–Kier alpha value is -2.69. The molecular formula is C14H11N3O2. The number of para-hydroxylation sites is 1. The quantitative estimate of drug-likeness (QED) is 0.775. The molecule has 1 N–H and O–H groups in total. The average Bonchev–Trinajstić information content (AvgIpc) is 2.78. The molecule has 0 saturated carbocycles. The van der Waals surface area contributed by atoms with E-state index in [2.05, 4.69) is 9.97 Å². The fourth-order valence-electron chi connectivity index (χ4n) is 2.17. The largest absolute Gasteiger partial charge is 0.481 e.